The van der Waals surface area contributed by atoms with E-state index >= 15 is 0 Å². The van der Waals surface area contributed by atoms with Crippen molar-refractivity contribution in [2.24, 2.45) is 0 Å². The summed E-state index contributed by atoms with van der Waals surface area (Å²) >= 11 is 3.08. The average molecular weight is 269 g/mol. The van der Waals surface area contributed by atoms with E-state index in [1.54, 1.807) is 12.1 Å². The molecule has 0 unspecified atom stereocenters. The first-order valence-electron chi connectivity index (χ1n) is 4.88. The molecule has 0 spiro atoms. The maximum Gasteiger partial charge on any atom is 0.191 e. The van der Waals surface area contributed by atoms with Gasteiger partial charge in [0.15, 0.2) is 5.78 Å². The first-order chi connectivity index (χ1) is 7.20. The third kappa shape index (κ3) is 2.02. The third-order valence-corrected chi connectivity index (χ3v) is 3.14. The predicted octanol–water partition coefficient (Wildman–Crippen LogP) is 3.88. The Morgan fingerprint density at radius 2 is 2.20 bits per heavy atom. The maximum absolute atomic E-state index is 13.6. The molecule has 1 aliphatic rings. The highest BCUT2D eigenvalue weighted by atomic mass is 79.9. The summed E-state index contributed by atoms with van der Waals surface area (Å²) in [5.74, 6) is -0.637. The molecule has 0 aromatic heterocycles. The highest BCUT2D eigenvalue weighted by Crippen LogP contribution is 2.25. The van der Waals surface area contributed by atoms with E-state index in [9.17, 15) is 9.18 Å². The Kier molecular flexibility index (Phi) is 3.00. The van der Waals surface area contributed by atoms with Crippen molar-refractivity contribution in [3.05, 3.63) is 45.7 Å². The van der Waals surface area contributed by atoms with E-state index in [0.29, 0.717) is 4.47 Å². The fourth-order valence-corrected chi connectivity index (χ4v) is 2.10. The first-order valence-corrected chi connectivity index (χ1v) is 5.67. The van der Waals surface area contributed by atoms with Gasteiger partial charge < -0.3 is 0 Å². The lowest BCUT2D eigenvalue weighted by atomic mass is 10.0. The Labute approximate surface area is 96.1 Å². The molecule has 0 amide bonds. The summed E-state index contributed by atoms with van der Waals surface area (Å²) in [5.41, 5.74) is 0.907. The smallest absolute Gasteiger partial charge is 0.191 e. The van der Waals surface area contributed by atoms with Crippen LogP contribution in [-0.4, -0.2) is 5.78 Å². The monoisotopic (exact) mass is 268 g/mol. The Bertz CT molecular complexity index is 437. The van der Waals surface area contributed by atoms with Crippen LogP contribution in [0.1, 0.15) is 29.6 Å². The molecule has 1 aromatic carbocycles. The van der Waals surface area contributed by atoms with Crippen LogP contribution in [0.15, 0.2) is 34.3 Å². The number of rotatable bonds is 2. The zero-order valence-corrected chi connectivity index (χ0v) is 9.68. The largest absolute Gasteiger partial charge is 0.289 e. The van der Waals surface area contributed by atoms with E-state index in [2.05, 4.69) is 15.9 Å². The van der Waals surface area contributed by atoms with Crippen LogP contribution in [0.2, 0.25) is 0 Å². The van der Waals surface area contributed by atoms with Crippen LogP contribution in [-0.2, 0) is 0 Å². The molecule has 1 aromatic rings. The molecule has 0 saturated heterocycles. The molecule has 0 saturated carbocycles. The molecule has 1 nitrogen and oxygen atoms in total. The summed E-state index contributed by atoms with van der Waals surface area (Å²) in [6.07, 6.45) is 4.60. The van der Waals surface area contributed by atoms with Gasteiger partial charge in [-0.2, -0.15) is 0 Å². The molecular weight excluding hydrogens is 259 g/mol. The van der Waals surface area contributed by atoms with Crippen LogP contribution in [0.25, 0.3) is 0 Å². The summed E-state index contributed by atoms with van der Waals surface area (Å²) in [6, 6.07) is 4.80. The van der Waals surface area contributed by atoms with E-state index in [1.807, 2.05) is 6.08 Å². The second-order valence-electron chi connectivity index (χ2n) is 3.55. The number of allylic oxidation sites excluding steroid dienone is 2. The number of hydrogen-bond donors (Lipinski definition) is 0. The van der Waals surface area contributed by atoms with E-state index < -0.39 is 5.82 Å². The van der Waals surface area contributed by atoms with Gasteiger partial charge in [-0.1, -0.05) is 12.1 Å². The van der Waals surface area contributed by atoms with Crippen molar-refractivity contribution in [2.75, 3.05) is 0 Å². The normalized spacial score (nSPS) is 15.2. The van der Waals surface area contributed by atoms with Gasteiger partial charge in [0.25, 0.3) is 0 Å². The summed E-state index contributed by atoms with van der Waals surface area (Å²) in [7, 11) is 0. The molecule has 0 aliphatic heterocycles. The molecule has 0 heterocycles. The number of carbonyl (C=O) groups excluding carboxylic acids is 1. The minimum Gasteiger partial charge on any atom is -0.289 e. The molecule has 0 N–H and O–H groups in total. The molecule has 2 rings (SSSR count). The van der Waals surface area contributed by atoms with Gasteiger partial charge in [-0.05, 0) is 52.9 Å². The second kappa shape index (κ2) is 4.27. The van der Waals surface area contributed by atoms with E-state index in [1.165, 1.54) is 6.07 Å². The molecule has 1 aliphatic carbocycles. The Balaban J connectivity index is 2.37. The quantitative estimate of drug-likeness (QED) is 0.744. The number of hydrogen-bond acceptors (Lipinski definition) is 1. The van der Waals surface area contributed by atoms with E-state index in [0.717, 1.165) is 24.8 Å². The maximum atomic E-state index is 13.6. The zero-order chi connectivity index (χ0) is 10.8. The summed E-state index contributed by atoms with van der Waals surface area (Å²) in [6.45, 7) is 0. The number of halogens is 2. The predicted molar refractivity (Wildman–Crippen MR) is 60.4 cm³/mol. The van der Waals surface area contributed by atoms with Gasteiger partial charge in [-0.25, -0.2) is 4.39 Å². The van der Waals surface area contributed by atoms with E-state index in [4.69, 9.17) is 0 Å². The van der Waals surface area contributed by atoms with Crippen LogP contribution < -0.4 is 0 Å². The lowest BCUT2D eigenvalue weighted by molar-refractivity contribution is 0.102. The SMILES string of the molecule is O=C(C1=CCCC1)c1cccc(Br)c1F. The van der Waals surface area contributed by atoms with Gasteiger partial charge in [-0.3, -0.25) is 4.79 Å². The highest BCUT2D eigenvalue weighted by molar-refractivity contribution is 9.10. The van der Waals surface area contributed by atoms with Gasteiger partial charge in [0.1, 0.15) is 5.82 Å². The molecule has 0 radical (unpaired) electrons. The van der Waals surface area contributed by atoms with Gasteiger partial charge in [0, 0.05) is 0 Å². The van der Waals surface area contributed by atoms with Crippen LogP contribution >= 0.6 is 15.9 Å². The van der Waals surface area contributed by atoms with Crippen LogP contribution in [0.3, 0.4) is 0 Å². The third-order valence-electron chi connectivity index (χ3n) is 2.53. The van der Waals surface area contributed by atoms with Gasteiger partial charge in [0.2, 0.25) is 0 Å². The second-order valence-corrected chi connectivity index (χ2v) is 4.41. The van der Waals surface area contributed by atoms with Crippen molar-refractivity contribution in [3.8, 4) is 0 Å². The van der Waals surface area contributed by atoms with Crippen LogP contribution in [0, 0.1) is 5.82 Å². The van der Waals surface area contributed by atoms with Crippen molar-refractivity contribution in [2.45, 2.75) is 19.3 Å². The van der Waals surface area contributed by atoms with Crippen LogP contribution in [0.4, 0.5) is 4.39 Å². The van der Waals surface area contributed by atoms with Gasteiger partial charge in [0.05, 0.1) is 10.0 Å². The molecule has 0 fully saturated rings. The molecule has 3 heteroatoms. The Morgan fingerprint density at radius 1 is 1.40 bits per heavy atom. The Hall–Kier alpha value is -0.960. The number of Topliss-reactive ketones (excluding diaryl/α,β-unsaturated/α-hetero) is 1. The lowest BCUT2D eigenvalue weighted by Crippen LogP contribution is -2.04. The van der Waals surface area contributed by atoms with Crippen molar-refractivity contribution in [1.29, 1.82) is 0 Å². The Morgan fingerprint density at radius 3 is 2.87 bits per heavy atom. The number of carbonyl (C=O) groups is 1. The fraction of sp³-hybridized carbons (Fsp3) is 0.250. The number of benzene rings is 1. The van der Waals surface area contributed by atoms with Crippen molar-refractivity contribution >= 4 is 21.7 Å². The summed E-state index contributed by atoms with van der Waals surface area (Å²) in [5, 5.41) is 0. The topological polar surface area (TPSA) is 17.1 Å². The first kappa shape index (κ1) is 10.6. The highest BCUT2D eigenvalue weighted by Gasteiger charge is 2.19. The van der Waals surface area contributed by atoms with Crippen molar-refractivity contribution < 1.29 is 9.18 Å². The fourth-order valence-electron chi connectivity index (χ4n) is 1.73. The molecule has 0 bridgehead atoms. The van der Waals surface area contributed by atoms with Gasteiger partial charge >= 0.3 is 0 Å². The van der Waals surface area contributed by atoms with E-state index in [-0.39, 0.29) is 11.3 Å². The zero-order valence-electron chi connectivity index (χ0n) is 8.09. The minimum absolute atomic E-state index is 0.164. The molecule has 0 atom stereocenters. The van der Waals surface area contributed by atoms with Crippen molar-refractivity contribution in [3.63, 3.8) is 0 Å². The summed E-state index contributed by atoms with van der Waals surface area (Å²) < 4.78 is 14.0. The standard InChI is InChI=1S/C12H10BrFO/c13-10-7-3-6-9(11(10)14)12(15)8-4-1-2-5-8/h3-4,6-7H,1-2,5H2. The number of ketones is 1. The lowest BCUT2D eigenvalue weighted by Gasteiger charge is -2.04. The minimum atomic E-state index is -0.463. The molecule has 78 valence electrons. The van der Waals surface area contributed by atoms with Gasteiger partial charge in [-0.15, -0.1) is 0 Å². The average Bonchev–Trinajstić information content (AvgIpc) is 2.74. The summed E-state index contributed by atoms with van der Waals surface area (Å²) in [4.78, 5) is 11.9. The van der Waals surface area contributed by atoms with Crippen LogP contribution in [0.5, 0.6) is 0 Å². The van der Waals surface area contributed by atoms with Crippen molar-refractivity contribution in [1.82, 2.24) is 0 Å². The molecule has 15 heavy (non-hydrogen) atoms. The molecular formula is C12H10BrFO.